The van der Waals surface area contributed by atoms with Gasteiger partial charge in [-0.05, 0) is 36.4 Å². The lowest BCUT2D eigenvalue weighted by Crippen LogP contribution is -2.23. The quantitative estimate of drug-likeness (QED) is 0.196. The van der Waals surface area contributed by atoms with Crippen LogP contribution in [0.15, 0.2) is 146 Å². The van der Waals surface area contributed by atoms with E-state index in [1.165, 1.54) is 0 Å². The van der Waals surface area contributed by atoms with Gasteiger partial charge >= 0.3 is 0 Å². The lowest BCUT2D eigenvalue weighted by atomic mass is 9.84. The van der Waals surface area contributed by atoms with Crippen LogP contribution < -0.4 is 14.2 Å². The molecule has 3 aliphatic heterocycles. The van der Waals surface area contributed by atoms with Crippen LogP contribution in [-0.4, -0.2) is 15.0 Å². The fraction of sp³-hybridized carbons (Fsp3) is 0.0714. The highest BCUT2D eigenvalue weighted by Gasteiger charge is 2.38. The second kappa shape index (κ2) is 10.6. The third-order valence-electron chi connectivity index (χ3n) is 9.50. The van der Waals surface area contributed by atoms with Crippen molar-refractivity contribution in [2.24, 2.45) is 0 Å². The number of para-hydroxylation sites is 6. The molecule has 0 radical (unpaired) electrons. The molecule has 6 heteroatoms. The summed E-state index contributed by atoms with van der Waals surface area (Å²) >= 11 is 0. The van der Waals surface area contributed by atoms with Crippen molar-refractivity contribution in [1.82, 2.24) is 15.0 Å². The summed E-state index contributed by atoms with van der Waals surface area (Å²) in [6.45, 7) is 0. The Hall–Kier alpha value is -6.27. The molecule has 0 spiro atoms. The van der Waals surface area contributed by atoms with Gasteiger partial charge in [-0.1, -0.05) is 109 Å². The Morgan fingerprint density at radius 2 is 0.458 bits per heavy atom. The summed E-state index contributed by atoms with van der Waals surface area (Å²) in [5, 5.41) is 0. The van der Waals surface area contributed by atoms with Gasteiger partial charge in [0.05, 0.1) is 17.8 Å². The van der Waals surface area contributed by atoms with Crippen molar-refractivity contribution in [2.45, 2.75) is 17.8 Å². The number of hydrogen-bond donors (Lipinski definition) is 0. The zero-order chi connectivity index (χ0) is 31.6. The second-order valence-corrected chi connectivity index (χ2v) is 12.2. The van der Waals surface area contributed by atoms with Gasteiger partial charge in [-0.2, -0.15) is 0 Å². The normalized spacial score (nSPS) is 14.5. The van der Waals surface area contributed by atoms with Crippen molar-refractivity contribution in [3.8, 4) is 34.5 Å². The molecule has 0 amide bonds. The number of hydrogen-bond acceptors (Lipinski definition) is 6. The average Bonchev–Trinajstić information content (AvgIpc) is 3.14. The van der Waals surface area contributed by atoms with Crippen LogP contribution in [0.4, 0.5) is 0 Å². The van der Waals surface area contributed by atoms with E-state index in [2.05, 4.69) is 36.4 Å². The monoisotopic (exact) mass is 621 g/mol. The third-order valence-corrected chi connectivity index (χ3v) is 9.50. The van der Waals surface area contributed by atoms with Gasteiger partial charge in [-0.15, -0.1) is 0 Å². The van der Waals surface area contributed by atoms with E-state index in [1.807, 2.05) is 109 Å². The molecule has 0 bridgehead atoms. The first-order chi connectivity index (χ1) is 23.8. The first kappa shape index (κ1) is 26.9. The van der Waals surface area contributed by atoms with E-state index in [4.69, 9.17) is 29.2 Å². The largest absolute Gasteiger partial charge is 0.457 e. The molecule has 6 aromatic carbocycles. The zero-order valence-electron chi connectivity index (χ0n) is 25.7. The van der Waals surface area contributed by atoms with E-state index in [-0.39, 0.29) is 17.8 Å². The third kappa shape index (κ3) is 4.16. The molecule has 10 rings (SSSR count). The predicted molar refractivity (Wildman–Crippen MR) is 182 cm³/mol. The highest BCUT2D eigenvalue weighted by Crippen LogP contribution is 2.51. The van der Waals surface area contributed by atoms with Gasteiger partial charge in [0, 0.05) is 33.4 Å². The minimum absolute atomic E-state index is 0.276. The molecule has 4 heterocycles. The van der Waals surface area contributed by atoms with Crippen LogP contribution >= 0.6 is 0 Å². The van der Waals surface area contributed by atoms with Crippen LogP contribution in [0.1, 0.15) is 68.6 Å². The molecule has 48 heavy (non-hydrogen) atoms. The van der Waals surface area contributed by atoms with Gasteiger partial charge < -0.3 is 14.2 Å². The molecule has 0 saturated heterocycles. The van der Waals surface area contributed by atoms with Gasteiger partial charge in [-0.3, -0.25) is 0 Å². The number of rotatable bonds is 3. The van der Waals surface area contributed by atoms with Crippen LogP contribution in [0, 0.1) is 0 Å². The van der Waals surface area contributed by atoms with Crippen LogP contribution in [0.3, 0.4) is 0 Å². The Labute approximate surface area is 277 Å². The number of fused-ring (bicyclic) bond motifs is 6. The standard InChI is InChI=1S/C42H27N3O3/c1-7-19-31-25(13-1)37(26-14-2-8-20-32(26)46-31)40-43-41(38-27-15-3-9-21-33(27)47-34-22-10-4-16-28(34)38)45-42(44-40)39-29-17-5-11-23-35(29)48-36-24-12-6-18-30(36)39/h1-24,37-39H. The topological polar surface area (TPSA) is 66.4 Å². The number of benzene rings is 6. The molecule has 0 saturated carbocycles. The van der Waals surface area contributed by atoms with Crippen LogP contribution in [0.2, 0.25) is 0 Å². The zero-order valence-corrected chi connectivity index (χ0v) is 25.7. The fourth-order valence-corrected chi connectivity index (χ4v) is 7.38. The van der Waals surface area contributed by atoms with Crippen molar-refractivity contribution in [2.75, 3.05) is 0 Å². The second-order valence-electron chi connectivity index (χ2n) is 12.2. The Morgan fingerprint density at radius 3 is 0.667 bits per heavy atom. The molecule has 228 valence electrons. The molecule has 0 atom stereocenters. The van der Waals surface area contributed by atoms with E-state index in [1.54, 1.807) is 0 Å². The van der Waals surface area contributed by atoms with Crippen molar-refractivity contribution in [3.63, 3.8) is 0 Å². The first-order valence-electron chi connectivity index (χ1n) is 16.1. The van der Waals surface area contributed by atoms with E-state index in [0.717, 1.165) is 67.9 Å². The average molecular weight is 622 g/mol. The molecule has 0 N–H and O–H groups in total. The van der Waals surface area contributed by atoms with Crippen molar-refractivity contribution in [1.29, 1.82) is 0 Å². The van der Waals surface area contributed by atoms with Crippen molar-refractivity contribution in [3.05, 3.63) is 196 Å². The lowest BCUT2D eigenvalue weighted by Gasteiger charge is -2.31. The first-order valence-corrected chi connectivity index (χ1v) is 16.1. The molecule has 6 nitrogen and oxygen atoms in total. The van der Waals surface area contributed by atoms with Gasteiger partial charge in [0.25, 0.3) is 0 Å². The SMILES string of the molecule is c1ccc2c(c1)Oc1ccccc1C2c1nc(C2c3ccccc3Oc3ccccc32)nc(C2c3ccccc3Oc3ccccc32)n1. The summed E-state index contributed by atoms with van der Waals surface area (Å²) in [6.07, 6.45) is 0. The highest BCUT2D eigenvalue weighted by atomic mass is 16.5. The fourth-order valence-electron chi connectivity index (χ4n) is 7.38. The molecular weight excluding hydrogens is 594 g/mol. The van der Waals surface area contributed by atoms with Crippen molar-refractivity contribution < 1.29 is 14.2 Å². The molecule has 7 aromatic rings. The van der Waals surface area contributed by atoms with Gasteiger partial charge in [-0.25, -0.2) is 15.0 Å². The Morgan fingerprint density at radius 1 is 0.271 bits per heavy atom. The Kier molecular flexibility index (Phi) is 5.96. The molecular formula is C42H27N3O3. The van der Waals surface area contributed by atoms with Gasteiger partial charge in [0.2, 0.25) is 0 Å². The minimum Gasteiger partial charge on any atom is -0.457 e. The summed E-state index contributed by atoms with van der Waals surface area (Å²) in [6, 6.07) is 49.0. The molecule has 3 aliphatic rings. The number of aromatic nitrogens is 3. The summed E-state index contributed by atoms with van der Waals surface area (Å²) in [4.78, 5) is 16.3. The maximum Gasteiger partial charge on any atom is 0.144 e. The summed E-state index contributed by atoms with van der Waals surface area (Å²) < 4.78 is 19.2. The molecule has 0 unspecified atom stereocenters. The van der Waals surface area contributed by atoms with Crippen LogP contribution in [0.25, 0.3) is 0 Å². The van der Waals surface area contributed by atoms with E-state index in [0.29, 0.717) is 17.5 Å². The maximum atomic E-state index is 6.40. The Bertz CT molecular complexity index is 1980. The molecule has 0 aliphatic carbocycles. The van der Waals surface area contributed by atoms with Crippen LogP contribution in [0.5, 0.6) is 34.5 Å². The Balaban J connectivity index is 1.27. The van der Waals surface area contributed by atoms with Crippen molar-refractivity contribution >= 4 is 0 Å². The van der Waals surface area contributed by atoms with E-state index < -0.39 is 0 Å². The van der Waals surface area contributed by atoms with Crippen LogP contribution in [-0.2, 0) is 0 Å². The smallest absolute Gasteiger partial charge is 0.144 e. The highest BCUT2D eigenvalue weighted by molar-refractivity contribution is 5.60. The summed E-state index contributed by atoms with van der Waals surface area (Å²) in [7, 11) is 0. The maximum absolute atomic E-state index is 6.40. The van der Waals surface area contributed by atoms with E-state index >= 15 is 0 Å². The van der Waals surface area contributed by atoms with E-state index in [9.17, 15) is 0 Å². The molecule has 0 fully saturated rings. The predicted octanol–water partition coefficient (Wildman–Crippen LogP) is 9.73. The van der Waals surface area contributed by atoms with Gasteiger partial charge in [0.15, 0.2) is 0 Å². The molecule has 1 aromatic heterocycles. The number of ether oxygens (including phenoxy) is 3. The number of nitrogens with zero attached hydrogens (tertiary/aromatic N) is 3. The lowest BCUT2D eigenvalue weighted by molar-refractivity contribution is 0.443. The van der Waals surface area contributed by atoms with Gasteiger partial charge in [0.1, 0.15) is 52.0 Å². The summed E-state index contributed by atoms with van der Waals surface area (Å²) in [5.41, 5.74) is 6.08. The summed E-state index contributed by atoms with van der Waals surface area (Å²) in [5.74, 6) is 5.97. The minimum atomic E-state index is -0.276.